The Balaban J connectivity index is 2.37. The molecule has 0 saturated carbocycles. The van der Waals surface area contributed by atoms with Crippen LogP contribution in [0.25, 0.3) is 5.82 Å². The molecule has 0 aromatic carbocycles. The fourth-order valence-corrected chi connectivity index (χ4v) is 1.31. The number of carbonyl (C=O) groups is 1. The molecule has 2 aromatic rings. The van der Waals surface area contributed by atoms with Gasteiger partial charge < -0.3 is 10.5 Å². The van der Waals surface area contributed by atoms with Crippen LogP contribution < -0.4 is 5.73 Å². The maximum Gasteiger partial charge on any atom is 0.360 e. The monoisotopic (exact) mass is 233 g/mol. The standard InChI is InChI=1S/C10H11N5O2/c1-2-17-10(16)8-9(11)15(6-14-8)7-5-12-3-4-13-7/h3-6H,2,11H2,1H3. The van der Waals surface area contributed by atoms with Crippen molar-refractivity contribution in [3.63, 3.8) is 0 Å². The summed E-state index contributed by atoms with van der Waals surface area (Å²) in [6.45, 7) is 1.99. The van der Waals surface area contributed by atoms with E-state index in [0.29, 0.717) is 5.82 Å². The van der Waals surface area contributed by atoms with Gasteiger partial charge in [-0.1, -0.05) is 0 Å². The fraction of sp³-hybridized carbons (Fsp3) is 0.200. The second-order valence-corrected chi connectivity index (χ2v) is 3.13. The Hall–Kier alpha value is -2.44. The van der Waals surface area contributed by atoms with Crippen LogP contribution in [0.15, 0.2) is 24.9 Å². The van der Waals surface area contributed by atoms with Crippen LogP contribution in [0.5, 0.6) is 0 Å². The second-order valence-electron chi connectivity index (χ2n) is 3.13. The van der Waals surface area contributed by atoms with Crippen LogP contribution >= 0.6 is 0 Å². The van der Waals surface area contributed by atoms with Gasteiger partial charge in [-0.3, -0.25) is 9.55 Å². The zero-order valence-electron chi connectivity index (χ0n) is 9.20. The summed E-state index contributed by atoms with van der Waals surface area (Å²) in [4.78, 5) is 23.4. The SMILES string of the molecule is CCOC(=O)c1ncn(-c2cnccn2)c1N. The molecule has 2 N–H and O–H groups in total. The zero-order chi connectivity index (χ0) is 12.3. The number of rotatable bonds is 3. The average Bonchev–Trinajstić information content (AvgIpc) is 2.72. The molecule has 88 valence electrons. The van der Waals surface area contributed by atoms with Gasteiger partial charge in [0.15, 0.2) is 11.5 Å². The largest absolute Gasteiger partial charge is 0.461 e. The third-order valence-corrected chi connectivity index (χ3v) is 2.07. The molecule has 0 spiro atoms. The maximum atomic E-state index is 11.5. The molecule has 0 unspecified atom stereocenters. The van der Waals surface area contributed by atoms with E-state index in [1.54, 1.807) is 13.1 Å². The summed E-state index contributed by atoms with van der Waals surface area (Å²) in [5, 5.41) is 0. The van der Waals surface area contributed by atoms with Crippen LogP contribution in [0, 0.1) is 0 Å². The summed E-state index contributed by atoms with van der Waals surface area (Å²) >= 11 is 0. The molecule has 2 rings (SSSR count). The number of anilines is 1. The van der Waals surface area contributed by atoms with Crippen LogP contribution in [0.2, 0.25) is 0 Å². The van der Waals surface area contributed by atoms with E-state index in [4.69, 9.17) is 10.5 Å². The van der Waals surface area contributed by atoms with Crippen molar-refractivity contribution in [2.75, 3.05) is 12.3 Å². The number of imidazole rings is 1. The molecular weight excluding hydrogens is 222 g/mol. The first-order chi connectivity index (χ1) is 8.24. The Bertz CT molecular complexity index is 523. The van der Waals surface area contributed by atoms with E-state index in [1.165, 1.54) is 23.3 Å². The predicted molar refractivity (Wildman–Crippen MR) is 59.5 cm³/mol. The normalized spacial score (nSPS) is 10.2. The summed E-state index contributed by atoms with van der Waals surface area (Å²) in [6.07, 6.45) is 6.00. The van der Waals surface area contributed by atoms with E-state index in [1.807, 2.05) is 0 Å². The number of ether oxygens (including phenoxy) is 1. The first-order valence-corrected chi connectivity index (χ1v) is 5.00. The molecule has 0 bridgehead atoms. The van der Waals surface area contributed by atoms with Gasteiger partial charge in [-0.05, 0) is 6.92 Å². The lowest BCUT2D eigenvalue weighted by molar-refractivity contribution is 0.0521. The number of nitrogens with zero attached hydrogens (tertiary/aromatic N) is 4. The zero-order valence-corrected chi connectivity index (χ0v) is 9.20. The highest BCUT2D eigenvalue weighted by molar-refractivity contribution is 5.92. The van der Waals surface area contributed by atoms with Crippen molar-refractivity contribution >= 4 is 11.8 Å². The number of hydrogen-bond donors (Lipinski definition) is 1. The van der Waals surface area contributed by atoms with Gasteiger partial charge in [0.1, 0.15) is 12.1 Å². The van der Waals surface area contributed by atoms with Gasteiger partial charge in [-0.2, -0.15) is 0 Å². The van der Waals surface area contributed by atoms with E-state index in [9.17, 15) is 4.79 Å². The summed E-state index contributed by atoms with van der Waals surface area (Å²) in [6, 6.07) is 0. The molecule has 7 heteroatoms. The molecule has 0 saturated heterocycles. The molecule has 2 heterocycles. The molecule has 0 atom stereocenters. The van der Waals surface area contributed by atoms with Crippen LogP contribution in [-0.4, -0.2) is 32.1 Å². The first kappa shape index (κ1) is 11.1. The summed E-state index contributed by atoms with van der Waals surface area (Å²) in [5.41, 5.74) is 5.88. The summed E-state index contributed by atoms with van der Waals surface area (Å²) in [5.74, 6) is 0.129. The lowest BCUT2D eigenvalue weighted by atomic mass is 10.4. The Morgan fingerprint density at radius 3 is 2.94 bits per heavy atom. The third kappa shape index (κ3) is 2.07. The third-order valence-electron chi connectivity index (χ3n) is 2.07. The maximum absolute atomic E-state index is 11.5. The molecule has 0 amide bonds. The van der Waals surface area contributed by atoms with Crippen molar-refractivity contribution < 1.29 is 9.53 Å². The summed E-state index contributed by atoms with van der Waals surface area (Å²) in [7, 11) is 0. The smallest absolute Gasteiger partial charge is 0.360 e. The molecular formula is C10H11N5O2. The molecule has 0 aliphatic carbocycles. The lowest BCUT2D eigenvalue weighted by Crippen LogP contribution is -2.09. The minimum atomic E-state index is -0.548. The molecule has 0 radical (unpaired) electrons. The van der Waals surface area contributed by atoms with Crippen molar-refractivity contribution in [3.8, 4) is 5.82 Å². The average molecular weight is 233 g/mol. The summed E-state index contributed by atoms with van der Waals surface area (Å²) < 4.78 is 6.30. The molecule has 17 heavy (non-hydrogen) atoms. The Kier molecular flexibility index (Phi) is 2.99. The van der Waals surface area contributed by atoms with Crippen LogP contribution in [0.3, 0.4) is 0 Å². The minimum Gasteiger partial charge on any atom is -0.461 e. The number of nitrogens with two attached hydrogens (primary N) is 1. The number of hydrogen-bond acceptors (Lipinski definition) is 6. The van der Waals surface area contributed by atoms with E-state index in [2.05, 4.69) is 15.0 Å². The highest BCUT2D eigenvalue weighted by Gasteiger charge is 2.17. The molecule has 7 nitrogen and oxygen atoms in total. The van der Waals surface area contributed by atoms with E-state index < -0.39 is 5.97 Å². The molecule has 2 aromatic heterocycles. The van der Waals surface area contributed by atoms with Crippen molar-refractivity contribution in [2.24, 2.45) is 0 Å². The van der Waals surface area contributed by atoms with Gasteiger partial charge in [-0.15, -0.1) is 0 Å². The van der Waals surface area contributed by atoms with Crippen LogP contribution in [-0.2, 0) is 4.74 Å². The van der Waals surface area contributed by atoms with E-state index >= 15 is 0 Å². The number of aromatic nitrogens is 4. The van der Waals surface area contributed by atoms with Gasteiger partial charge in [0.05, 0.1) is 12.8 Å². The Morgan fingerprint density at radius 2 is 2.29 bits per heavy atom. The number of esters is 1. The predicted octanol–water partition coefficient (Wildman–Crippen LogP) is 0.421. The van der Waals surface area contributed by atoms with Gasteiger partial charge in [0, 0.05) is 12.4 Å². The number of nitrogen functional groups attached to an aromatic ring is 1. The lowest BCUT2D eigenvalue weighted by Gasteiger charge is -2.03. The first-order valence-electron chi connectivity index (χ1n) is 5.00. The fourth-order valence-electron chi connectivity index (χ4n) is 1.31. The quantitative estimate of drug-likeness (QED) is 0.772. The number of carbonyl (C=O) groups excluding carboxylic acids is 1. The molecule has 0 aliphatic heterocycles. The Labute approximate surface area is 97.3 Å². The van der Waals surface area contributed by atoms with Crippen molar-refractivity contribution in [2.45, 2.75) is 6.92 Å². The second kappa shape index (κ2) is 4.60. The highest BCUT2D eigenvalue weighted by atomic mass is 16.5. The van der Waals surface area contributed by atoms with Crippen molar-refractivity contribution in [1.29, 1.82) is 0 Å². The van der Waals surface area contributed by atoms with Crippen LogP contribution in [0.4, 0.5) is 5.82 Å². The van der Waals surface area contributed by atoms with Crippen molar-refractivity contribution in [1.82, 2.24) is 19.5 Å². The van der Waals surface area contributed by atoms with Gasteiger partial charge >= 0.3 is 5.97 Å². The van der Waals surface area contributed by atoms with Gasteiger partial charge in [0.25, 0.3) is 0 Å². The van der Waals surface area contributed by atoms with E-state index in [0.717, 1.165) is 0 Å². The van der Waals surface area contributed by atoms with Crippen molar-refractivity contribution in [3.05, 3.63) is 30.6 Å². The minimum absolute atomic E-state index is 0.0810. The highest BCUT2D eigenvalue weighted by Crippen LogP contribution is 2.15. The van der Waals surface area contributed by atoms with Gasteiger partial charge in [0.2, 0.25) is 0 Å². The molecule has 0 fully saturated rings. The molecule has 0 aliphatic rings. The topological polar surface area (TPSA) is 95.9 Å². The van der Waals surface area contributed by atoms with E-state index in [-0.39, 0.29) is 18.1 Å². The Morgan fingerprint density at radius 1 is 1.47 bits per heavy atom. The van der Waals surface area contributed by atoms with Crippen LogP contribution in [0.1, 0.15) is 17.4 Å². The van der Waals surface area contributed by atoms with Gasteiger partial charge in [-0.25, -0.2) is 14.8 Å².